The number of anilines is 1. The molecule has 2 aromatic heterocycles. The van der Waals surface area contributed by atoms with E-state index in [9.17, 15) is 4.79 Å². The van der Waals surface area contributed by atoms with Crippen molar-refractivity contribution >= 4 is 59.3 Å². The summed E-state index contributed by atoms with van der Waals surface area (Å²) in [5.41, 5.74) is 2.84. The number of hydrogen-bond acceptors (Lipinski definition) is 4. The number of thiazole rings is 1. The second-order valence-electron chi connectivity index (χ2n) is 7.31. The van der Waals surface area contributed by atoms with Crippen LogP contribution in [0.25, 0.3) is 21.0 Å². The third-order valence-electron chi connectivity index (χ3n) is 5.10. The number of aromatic nitrogens is 2. The second-order valence-corrected chi connectivity index (χ2v) is 9.23. The zero-order valence-corrected chi connectivity index (χ0v) is 18.9. The van der Waals surface area contributed by atoms with Gasteiger partial charge in [0, 0.05) is 16.9 Å². The standard InChI is InChI=1S/C25H18BrN3OS/c26-21-9-10-22-23(14-21)31-25(28-22)29(16-18-4-3-11-27-15-18)24(30)13-17-7-8-19-5-1-2-6-20(19)12-17/h1-12,14-15H,13,16H2. The predicted molar refractivity (Wildman–Crippen MR) is 130 cm³/mol. The molecule has 5 rings (SSSR count). The van der Waals surface area contributed by atoms with Crippen LogP contribution in [0, 0.1) is 0 Å². The fourth-order valence-electron chi connectivity index (χ4n) is 3.56. The SMILES string of the molecule is O=C(Cc1ccc2ccccc2c1)N(Cc1cccnc1)c1nc2ccc(Br)cc2s1. The molecule has 0 aliphatic heterocycles. The molecule has 0 saturated carbocycles. The molecule has 4 nitrogen and oxygen atoms in total. The number of pyridine rings is 1. The first kappa shape index (κ1) is 19.8. The molecule has 31 heavy (non-hydrogen) atoms. The first-order valence-electron chi connectivity index (χ1n) is 9.89. The zero-order chi connectivity index (χ0) is 21.2. The number of fused-ring (bicyclic) bond motifs is 2. The maximum absolute atomic E-state index is 13.5. The van der Waals surface area contributed by atoms with Crippen LogP contribution in [-0.2, 0) is 17.8 Å². The number of halogens is 1. The molecule has 3 aromatic carbocycles. The predicted octanol–water partition coefficient (Wildman–Crippen LogP) is 6.38. The Morgan fingerprint density at radius 1 is 0.935 bits per heavy atom. The van der Waals surface area contributed by atoms with Crippen LogP contribution in [-0.4, -0.2) is 15.9 Å². The minimum absolute atomic E-state index is 0.0113. The van der Waals surface area contributed by atoms with Gasteiger partial charge in [-0.15, -0.1) is 0 Å². The van der Waals surface area contributed by atoms with Gasteiger partial charge in [-0.3, -0.25) is 14.7 Å². The summed E-state index contributed by atoms with van der Waals surface area (Å²) in [4.78, 5) is 24.2. The molecule has 0 radical (unpaired) electrons. The van der Waals surface area contributed by atoms with E-state index < -0.39 is 0 Å². The number of carbonyl (C=O) groups is 1. The average Bonchev–Trinajstić information content (AvgIpc) is 3.20. The van der Waals surface area contributed by atoms with E-state index >= 15 is 0 Å². The van der Waals surface area contributed by atoms with Crippen LogP contribution in [0.15, 0.2) is 89.7 Å². The molecule has 0 aliphatic rings. The molecule has 1 amide bonds. The summed E-state index contributed by atoms with van der Waals surface area (Å²) in [7, 11) is 0. The molecule has 152 valence electrons. The molecule has 0 bridgehead atoms. The Labute approximate surface area is 192 Å². The van der Waals surface area contributed by atoms with Gasteiger partial charge >= 0.3 is 0 Å². The van der Waals surface area contributed by atoms with E-state index in [0.29, 0.717) is 18.1 Å². The number of amides is 1. The maximum Gasteiger partial charge on any atom is 0.233 e. The number of nitrogens with zero attached hydrogens (tertiary/aromatic N) is 3. The lowest BCUT2D eigenvalue weighted by Crippen LogP contribution is -2.31. The Morgan fingerprint density at radius 3 is 2.65 bits per heavy atom. The van der Waals surface area contributed by atoms with Crippen molar-refractivity contribution in [2.45, 2.75) is 13.0 Å². The highest BCUT2D eigenvalue weighted by Gasteiger charge is 2.21. The summed E-state index contributed by atoms with van der Waals surface area (Å²) in [6, 6.07) is 24.2. The molecule has 0 saturated heterocycles. The third kappa shape index (κ3) is 4.36. The summed E-state index contributed by atoms with van der Waals surface area (Å²) in [6.07, 6.45) is 3.84. The molecular weight excluding hydrogens is 470 g/mol. The number of carbonyl (C=O) groups excluding carboxylic acids is 1. The summed E-state index contributed by atoms with van der Waals surface area (Å²) < 4.78 is 2.04. The molecule has 0 aliphatic carbocycles. The van der Waals surface area contributed by atoms with Gasteiger partial charge in [0.2, 0.25) is 5.91 Å². The van der Waals surface area contributed by atoms with Crippen LogP contribution < -0.4 is 4.90 Å². The van der Waals surface area contributed by atoms with E-state index in [2.05, 4.69) is 45.2 Å². The van der Waals surface area contributed by atoms with Crippen molar-refractivity contribution in [2.24, 2.45) is 0 Å². The minimum atomic E-state index is 0.0113. The van der Waals surface area contributed by atoms with Gasteiger partial charge in [0.15, 0.2) is 5.13 Å². The van der Waals surface area contributed by atoms with Crippen molar-refractivity contribution < 1.29 is 4.79 Å². The van der Waals surface area contributed by atoms with Crippen molar-refractivity contribution in [3.63, 3.8) is 0 Å². The second kappa shape index (κ2) is 8.57. The van der Waals surface area contributed by atoms with Crippen molar-refractivity contribution in [3.8, 4) is 0 Å². The van der Waals surface area contributed by atoms with Crippen molar-refractivity contribution in [1.82, 2.24) is 9.97 Å². The number of rotatable bonds is 5. The number of hydrogen-bond donors (Lipinski definition) is 0. The highest BCUT2D eigenvalue weighted by atomic mass is 79.9. The van der Waals surface area contributed by atoms with Crippen molar-refractivity contribution in [3.05, 3.63) is 101 Å². The van der Waals surface area contributed by atoms with Crippen LogP contribution in [0.4, 0.5) is 5.13 Å². The van der Waals surface area contributed by atoms with E-state index in [1.54, 1.807) is 17.3 Å². The zero-order valence-electron chi connectivity index (χ0n) is 16.5. The van der Waals surface area contributed by atoms with Crippen molar-refractivity contribution in [2.75, 3.05) is 4.90 Å². The molecular formula is C25H18BrN3OS. The molecule has 0 fully saturated rings. The molecule has 0 atom stereocenters. The van der Waals surface area contributed by atoms with E-state index in [1.807, 2.05) is 48.5 Å². The number of benzene rings is 3. The Bertz CT molecular complexity index is 1380. The van der Waals surface area contributed by atoms with E-state index in [4.69, 9.17) is 4.98 Å². The third-order valence-corrected chi connectivity index (χ3v) is 6.64. The van der Waals surface area contributed by atoms with Gasteiger partial charge < -0.3 is 0 Å². The van der Waals surface area contributed by atoms with Crippen LogP contribution in [0.5, 0.6) is 0 Å². The Morgan fingerprint density at radius 2 is 1.81 bits per heavy atom. The van der Waals surface area contributed by atoms with Gasteiger partial charge in [-0.25, -0.2) is 4.98 Å². The van der Waals surface area contributed by atoms with Gasteiger partial charge in [0.1, 0.15) is 0 Å². The van der Waals surface area contributed by atoms with Gasteiger partial charge in [-0.2, -0.15) is 0 Å². The lowest BCUT2D eigenvalue weighted by Gasteiger charge is -2.20. The maximum atomic E-state index is 13.5. The van der Waals surface area contributed by atoms with Crippen LogP contribution in [0.2, 0.25) is 0 Å². The van der Waals surface area contributed by atoms with Crippen LogP contribution in [0.3, 0.4) is 0 Å². The molecule has 0 unspecified atom stereocenters. The largest absolute Gasteiger partial charge is 0.283 e. The summed E-state index contributed by atoms with van der Waals surface area (Å²) >= 11 is 5.04. The van der Waals surface area contributed by atoms with E-state index in [-0.39, 0.29) is 5.91 Å². The Hall–Kier alpha value is -3.09. The van der Waals surface area contributed by atoms with E-state index in [0.717, 1.165) is 31.2 Å². The molecule has 0 N–H and O–H groups in total. The van der Waals surface area contributed by atoms with Gasteiger partial charge in [0.25, 0.3) is 0 Å². The molecule has 2 heterocycles. The Balaban J connectivity index is 1.49. The topological polar surface area (TPSA) is 46.1 Å². The average molecular weight is 488 g/mol. The monoisotopic (exact) mass is 487 g/mol. The lowest BCUT2D eigenvalue weighted by atomic mass is 10.0. The molecule has 5 aromatic rings. The van der Waals surface area contributed by atoms with Crippen LogP contribution in [0.1, 0.15) is 11.1 Å². The molecule has 6 heteroatoms. The normalized spacial score (nSPS) is 11.1. The molecule has 0 spiro atoms. The summed E-state index contributed by atoms with van der Waals surface area (Å²) in [5, 5.41) is 3.00. The highest BCUT2D eigenvalue weighted by molar-refractivity contribution is 9.10. The highest BCUT2D eigenvalue weighted by Crippen LogP contribution is 2.32. The van der Waals surface area contributed by atoms with Crippen molar-refractivity contribution in [1.29, 1.82) is 0 Å². The van der Waals surface area contributed by atoms with Gasteiger partial charge in [-0.1, -0.05) is 75.8 Å². The summed E-state index contributed by atoms with van der Waals surface area (Å²) in [5.74, 6) is 0.0113. The van der Waals surface area contributed by atoms with Gasteiger partial charge in [0.05, 0.1) is 23.2 Å². The Kier molecular flexibility index (Phi) is 5.49. The van der Waals surface area contributed by atoms with E-state index in [1.165, 1.54) is 16.7 Å². The lowest BCUT2D eigenvalue weighted by molar-refractivity contribution is -0.118. The summed E-state index contributed by atoms with van der Waals surface area (Å²) in [6.45, 7) is 0.432. The smallest absolute Gasteiger partial charge is 0.233 e. The minimum Gasteiger partial charge on any atom is -0.283 e. The fraction of sp³-hybridized carbons (Fsp3) is 0.0800. The van der Waals surface area contributed by atoms with Crippen LogP contribution >= 0.6 is 27.3 Å². The van der Waals surface area contributed by atoms with Gasteiger partial charge in [-0.05, 0) is 46.2 Å². The fourth-order valence-corrected chi connectivity index (χ4v) is 5.09. The quantitative estimate of drug-likeness (QED) is 0.288. The first-order chi connectivity index (χ1) is 15.2. The first-order valence-corrected chi connectivity index (χ1v) is 11.5.